The molecular formula is C23H24N4O2S. The predicted molar refractivity (Wildman–Crippen MR) is 121 cm³/mol. The van der Waals surface area contributed by atoms with Crippen molar-refractivity contribution in [3.8, 4) is 11.3 Å². The van der Waals surface area contributed by atoms with E-state index in [2.05, 4.69) is 38.8 Å². The van der Waals surface area contributed by atoms with Crippen molar-refractivity contribution in [1.82, 2.24) is 9.88 Å². The molecule has 0 spiro atoms. The highest BCUT2D eigenvalue weighted by Gasteiger charge is 2.22. The number of anilines is 2. The van der Waals surface area contributed by atoms with Gasteiger partial charge in [0.15, 0.2) is 0 Å². The molecule has 1 aliphatic heterocycles. The Balaban J connectivity index is 1.40. The molecule has 1 aromatic heterocycles. The van der Waals surface area contributed by atoms with Crippen LogP contribution in [0.15, 0.2) is 47.8 Å². The van der Waals surface area contributed by atoms with Crippen molar-refractivity contribution in [2.45, 2.75) is 13.3 Å². The highest BCUT2D eigenvalue weighted by atomic mass is 32.1. The molecule has 4 rings (SSSR count). The average molecular weight is 421 g/mol. The van der Waals surface area contributed by atoms with E-state index in [1.807, 2.05) is 6.92 Å². The molecule has 1 N–H and O–H groups in total. The monoisotopic (exact) mass is 420 g/mol. The van der Waals surface area contributed by atoms with Crippen LogP contribution < -0.4 is 10.2 Å². The number of carbonyl (C=O) groups is 2. The van der Waals surface area contributed by atoms with Crippen molar-refractivity contribution < 1.29 is 9.59 Å². The molecule has 7 heteroatoms. The number of fused-ring (bicyclic) bond motifs is 1. The van der Waals surface area contributed by atoms with Crippen molar-refractivity contribution in [1.29, 1.82) is 0 Å². The van der Waals surface area contributed by atoms with Gasteiger partial charge in [0.2, 0.25) is 5.91 Å². The molecule has 0 bridgehead atoms. The number of hydrogen-bond acceptors (Lipinski definition) is 5. The van der Waals surface area contributed by atoms with Crippen molar-refractivity contribution in [3.63, 3.8) is 0 Å². The second-order valence-corrected chi connectivity index (χ2v) is 8.65. The molecular weight excluding hydrogens is 396 g/mol. The number of thiazole rings is 1. The van der Waals surface area contributed by atoms with E-state index in [1.165, 1.54) is 10.5 Å². The number of amides is 2. The average Bonchev–Trinajstić information content (AvgIpc) is 3.34. The van der Waals surface area contributed by atoms with Gasteiger partial charge in [0.05, 0.1) is 17.2 Å². The summed E-state index contributed by atoms with van der Waals surface area (Å²) in [6, 6.07) is 13.3. The fraction of sp³-hybridized carbons (Fsp3) is 0.261. The van der Waals surface area contributed by atoms with Gasteiger partial charge in [-0.05, 0) is 55.3 Å². The highest BCUT2D eigenvalue weighted by Crippen LogP contribution is 2.32. The van der Waals surface area contributed by atoms with Gasteiger partial charge in [-0.3, -0.25) is 9.59 Å². The number of benzene rings is 2. The molecule has 1 aliphatic rings. The quantitative estimate of drug-likeness (QED) is 0.681. The lowest BCUT2D eigenvalue weighted by Crippen LogP contribution is -2.31. The van der Waals surface area contributed by atoms with Gasteiger partial charge in [-0.1, -0.05) is 6.07 Å². The van der Waals surface area contributed by atoms with Gasteiger partial charge in [-0.15, -0.1) is 11.3 Å². The molecule has 0 aliphatic carbocycles. The minimum absolute atomic E-state index is 0.0614. The number of hydrogen-bond donors (Lipinski definition) is 1. The number of aryl methyl sites for hydroxylation is 1. The maximum atomic E-state index is 12.6. The van der Waals surface area contributed by atoms with Crippen molar-refractivity contribution in [2.24, 2.45) is 0 Å². The molecule has 0 atom stereocenters. The van der Waals surface area contributed by atoms with Crippen LogP contribution in [0.3, 0.4) is 0 Å². The topological polar surface area (TPSA) is 65.5 Å². The van der Waals surface area contributed by atoms with Crippen LogP contribution in [0.5, 0.6) is 0 Å². The molecule has 30 heavy (non-hydrogen) atoms. The van der Waals surface area contributed by atoms with E-state index in [0.29, 0.717) is 17.8 Å². The van der Waals surface area contributed by atoms with Crippen LogP contribution >= 0.6 is 11.3 Å². The molecule has 6 nitrogen and oxygen atoms in total. The zero-order valence-corrected chi connectivity index (χ0v) is 18.1. The Bertz CT molecular complexity index is 1090. The van der Waals surface area contributed by atoms with Crippen LogP contribution in [0, 0.1) is 6.92 Å². The van der Waals surface area contributed by atoms with E-state index in [-0.39, 0.29) is 11.8 Å². The number of aromatic nitrogens is 1. The van der Waals surface area contributed by atoms with Crippen LogP contribution in [0.2, 0.25) is 0 Å². The molecule has 2 amide bonds. The lowest BCUT2D eigenvalue weighted by Gasteiger charge is -2.19. The van der Waals surface area contributed by atoms with E-state index in [0.717, 1.165) is 34.9 Å². The summed E-state index contributed by atoms with van der Waals surface area (Å²) in [5.74, 6) is -0.137. The van der Waals surface area contributed by atoms with Gasteiger partial charge in [0, 0.05) is 48.5 Å². The second kappa shape index (κ2) is 8.28. The first-order valence-corrected chi connectivity index (χ1v) is 10.7. The fourth-order valence-electron chi connectivity index (χ4n) is 3.62. The molecule has 0 unspecified atom stereocenters. The summed E-state index contributed by atoms with van der Waals surface area (Å²) >= 11 is 1.65. The van der Waals surface area contributed by atoms with E-state index in [1.54, 1.807) is 49.7 Å². The Morgan fingerprint density at radius 1 is 1.17 bits per heavy atom. The summed E-state index contributed by atoms with van der Waals surface area (Å²) in [7, 11) is 3.43. The first-order valence-electron chi connectivity index (χ1n) is 9.82. The van der Waals surface area contributed by atoms with E-state index in [9.17, 15) is 9.59 Å². The van der Waals surface area contributed by atoms with Gasteiger partial charge in [0.25, 0.3) is 5.91 Å². The lowest BCUT2D eigenvalue weighted by molar-refractivity contribution is -0.115. The van der Waals surface area contributed by atoms with Crippen molar-refractivity contribution in [2.75, 3.05) is 37.4 Å². The third kappa shape index (κ3) is 4.21. The predicted octanol–water partition coefficient (Wildman–Crippen LogP) is 3.82. The largest absolute Gasteiger partial charge is 0.362 e. The minimum atomic E-state index is -0.0752. The van der Waals surface area contributed by atoms with Crippen LogP contribution in [0.25, 0.3) is 11.3 Å². The molecule has 0 saturated carbocycles. The Morgan fingerprint density at radius 2 is 1.93 bits per heavy atom. The number of nitrogens with one attached hydrogen (secondary N) is 1. The van der Waals surface area contributed by atoms with Crippen LogP contribution in [-0.2, 0) is 11.2 Å². The summed E-state index contributed by atoms with van der Waals surface area (Å²) in [4.78, 5) is 32.7. The molecule has 154 valence electrons. The smallest absolute Gasteiger partial charge is 0.253 e. The first-order chi connectivity index (χ1) is 14.4. The highest BCUT2D eigenvalue weighted by molar-refractivity contribution is 7.09. The first kappa shape index (κ1) is 20.1. The summed E-state index contributed by atoms with van der Waals surface area (Å²) < 4.78 is 0. The van der Waals surface area contributed by atoms with Crippen LogP contribution in [-0.4, -0.2) is 48.9 Å². The normalized spacial score (nSPS) is 12.6. The van der Waals surface area contributed by atoms with Gasteiger partial charge in [-0.2, -0.15) is 0 Å². The maximum absolute atomic E-state index is 12.6. The maximum Gasteiger partial charge on any atom is 0.253 e. The third-order valence-electron chi connectivity index (χ3n) is 5.14. The molecule has 2 aromatic carbocycles. The van der Waals surface area contributed by atoms with Gasteiger partial charge in [-0.25, -0.2) is 4.98 Å². The Hall–Kier alpha value is -3.19. The van der Waals surface area contributed by atoms with Gasteiger partial charge in [0.1, 0.15) is 0 Å². The number of rotatable bonds is 5. The summed E-state index contributed by atoms with van der Waals surface area (Å²) in [6.45, 7) is 3.12. The Labute approximate surface area is 180 Å². The Morgan fingerprint density at radius 3 is 2.60 bits per heavy atom. The standard InChI is InChI=1S/C23H24N4O2S/c1-15-24-20(14-30-15)17-6-9-21-18(12-17)10-11-27(21)13-22(28)25-19-7-4-16(5-8-19)23(29)26(2)3/h4-9,12,14H,10-11,13H2,1-3H3,(H,25,28). The molecule has 0 fully saturated rings. The van der Waals surface area contributed by atoms with Crippen molar-refractivity contribution in [3.05, 3.63) is 64.0 Å². The van der Waals surface area contributed by atoms with Gasteiger partial charge < -0.3 is 15.1 Å². The molecule has 3 aromatic rings. The fourth-order valence-corrected chi connectivity index (χ4v) is 4.24. The van der Waals surface area contributed by atoms with E-state index in [4.69, 9.17) is 0 Å². The number of carbonyl (C=O) groups excluding carboxylic acids is 2. The molecule has 0 radical (unpaired) electrons. The molecule has 2 heterocycles. The third-order valence-corrected chi connectivity index (χ3v) is 5.92. The Kier molecular flexibility index (Phi) is 5.55. The van der Waals surface area contributed by atoms with E-state index >= 15 is 0 Å². The summed E-state index contributed by atoms with van der Waals surface area (Å²) in [6.07, 6.45) is 0.918. The van der Waals surface area contributed by atoms with Crippen LogP contribution in [0.4, 0.5) is 11.4 Å². The zero-order chi connectivity index (χ0) is 21.3. The van der Waals surface area contributed by atoms with Gasteiger partial charge >= 0.3 is 0 Å². The summed E-state index contributed by atoms with van der Waals surface area (Å²) in [5.41, 5.74) is 5.76. The van der Waals surface area contributed by atoms with E-state index < -0.39 is 0 Å². The second-order valence-electron chi connectivity index (χ2n) is 7.59. The minimum Gasteiger partial charge on any atom is -0.362 e. The number of nitrogens with zero attached hydrogens (tertiary/aromatic N) is 3. The molecule has 0 saturated heterocycles. The zero-order valence-electron chi connectivity index (χ0n) is 17.3. The SMILES string of the molecule is Cc1nc(-c2ccc3c(c2)CCN3CC(=O)Nc2ccc(C(=O)N(C)C)cc2)cs1. The van der Waals surface area contributed by atoms with Crippen LogP contribution in [0.1, 0.15) is 20.9 Å². The summed E-state index contributed by atoms with van der Waals surface area (Å²) in [5, 5.41) is 6.06. The van der Waals surface area contributed by atoms with Crippen molar-refractivity contribution >= 4 is 34.5 Å². The lowest BCUT2D eigenvalue weighted by atomic mass is 10.1.